The second-order valence-corrected chi connectivity index (χ2v) is 5.79. The molecule has 2 aliphatic rings. The minimum absolute atomic E-state index is 0.0593. The monoisotopic (exact) mass is 250 g/mol. The van der Waals surface area contributed by atoms with Crippen molar-refractivity contribution in [2.24, 2.45) is 0 Å². The summed E-state index contributed by atoms with van der Waals surface area (Å²) in [6.45, 7) is 2.61. The fourth-order valence-electron chi connectivity index (χ4n) is 2.12. The lowest BCUT2D eigenvalue weighted by Crippen LogP contribution is -2.37. The Balaban J connectivity index is 1.72. The first-order valence-corrected chi connectivity index (χ1v) is 6.63. The SMILES string of the molecule is Cc1ccc(S[C@H]2CC(=O)[C@H]3OC[C@@H]2O3)cc1. The van der Waals surface area contributed by atoms with Crippen LogP contribution in [-0.4, -0.2) is 30.0 Å². The number of benzene rings is 1. The fourth-order valence-corrected chi connectivity index (χ4v) is 3.30. The van der Waals surface area contributed by atoms with E-state index in [0.717, 1.165) is 0 Å². The maximum absolute atomic E-state index is 11.6. The summed E-state index contributed by atoms with van der Waals surface area (Å²) in [7, 11) is 0. The molecule has 1 aromatic rings. The maximum Gasteiger partial charge on any atom is 0.218 e. The van der Waals surface area contributed by atoms with Crippen molar-refractivity contribution in [2.75, 3.05) is 6.61 Å². The van der Waals surface area contributed by atoms with Crippen molar-refractivity contribution in [1.82, 2.24) is 0 Å². The highest BCUT2D eigenvalue weighted by Crippen LogP contribution is 2.36. The lowest BCUT2D eigenvalue weighted by Gasteiger charge is -2.25. The summed E-state index contributed by atoms with van der Waals surface area (Å²) in [4.78, 5) is 12.8. The van der Waals surface area contributed by atoms with Gasteiger partial charge in [-0.25, -0.2) is 0 Å². The molecule has 0 saturated carbocycles. The molecule has 17 heavy (non-hydrogen) atoms. The Bertz CT molecular complexity index is 429. The molecule has 1 aromatic carbocycles. The number of rotatable bonds is 2. The number of carbonyl (C=O) groups is 1. The normalized spacial score (nSPS) is 31.8. The third kappa shape index (κ3) is 2.25. The first-order chi connectivity index (χ1) is 8.22. The van der Waals surface area contributed by atoms with Crippen molar-refractivity contribution in [2.45, 2.75) is 35.9 Å². The molecule has 2 fully saturated rings. The van der Waals surface area contributed by atoms with Crippen molar-refractivity contribution in [1.29, 1.82) is 0 Å². The Labute approximate surface area is 104 Å². The van der Waals surface area contributed by atoms with Gasteiger partial charge in [0.15, 0.2) is 5.78 Å². The summed E-state index contributed by atoms with van der Waals surface area (Å²) < 4.78 is 10.8. The number of ether oxygens (including phenoxy) is 2. The van der Waals surface area contributed by atoms with Gasteiger partial charge in [-0.2, -0.15) is 0 Å². The number of carbonyl (C=O) groups excluding carboxylic acids is 1. The zero-order valence-electron chi connectivity index (χ0n) is 9.59. The molecular formula is C13H14O3S. The Morgan fingerprint density at radius 1 is 1.29 bits per heavy atom. The Hall–Kier alpha value is -0.840. The molecule has 3 rings (SSSR count). The molecular weight excluding hydrogens is 236 g/mol. The molecule has 0 unspecified atom stereocenters. The summed E-state index contributed by atoms with van der Waals surface area (Å²) in [6.07, 6.45) is 0.0207. The molecule has 0 aliphatic carbocycles. The Morgan fingerprint density at radius 3 is 2.82 bits per heavy atom. The molecule has 4 heteroatoms. The van der Waals surface area contributed by atoms with Gasteiger partial charge in [-0.05, 0) is 19.1 Å². The summed E-state index contributed by atoms with van der Waals surface area (Å²) >= 11 is 1.71. The molecule has 2 saturated heterocycles. The second-order valence-electron chi connectivity index (χ2n) is 4.48. The molecule has 0 amide bonds. The molecule has 2 bridgehead atoms. The van der Waals surface area contributed by atoms with Crippen LogP contribution in [0.1, 0.15) is 12.0 Å². The van der Waals surface area contributed by atoms with E-state index >= 15 is 0 Å². The standard InChI is InChI=1S/C13H14O3S/c1-8-2-4-9(5-3-8)17-12-6-10(14)13-15-7-11(12)16-13/h2-5,11-13H,6-7H2,1H3/t11-,12-,13-/m0/s1. The van der Waals surface area contributed by atoms with Gasteiger partial charge in [0.2, 0.25) is 6.29 Å². The van der Waals surface area contributed by atoms with Gasteiger partial charge in [0.05, 0.1) is 12.7 Å². The largest absolute Gasteiger partial charge is 0.343 e. The van der Waals surface area contributed by atoms with Crippen LogP contribution in [-0.2, 0) is 14.3 Å². The van der Waals surface area contributed by atoms with Crippen LogP contribution in [0.3, 0.4) is 0 Å². The minimum Gasteiger partial charge on any atom is -0.343 e. The molecule has 0 N–H and O–H groups in total. The maximum atomic E-state index is 11.6. The fraction of sp³-hybridized carbons (Fsp3) is 0.462. The van der Waals surface area contributed by atoms with Crippen molar-refractivity contribution in [3.8, 4) is 0 Å². The number of aryl methyl sites for hydroxylation is 1. The summed E-state index contributed by atoms with van der Waals surface area (Å²) in [5, 5.41) is 0.184. The highest BCUT2D eigenvalue weighted by molar-refractivity contribution is 8.00. The van der Waals surface area contributed by atoms with Crippen LogP contribution in [0.2, 0.25) is 0 Å². The van der Waals surface area contributed by atoms with Crippen molar-refractivity contribution in [3.63, 3.8) is 0 Å². The number of hydrogen-bond donors (Lipinski definition) is 0. The molecule has 2 aliphatic heterocycles. The number of ketones is 1. The highest BCUT2D eigenvalue weighted by Gasteiger charge is 2.43. The number of Topliss-reactive ketones (excluding diaryl/α,β-unsaturated/α-hetero) is 1. The van der Waals surface area contributed by atoms with E-state index in [1.54, 1.807) is 11.8 Å². The molecule has 90 valence electrons. The molecule has 0 aromatic heterocycles. The molecule has 3 nitrogen and oxygen atoms in total. The van der Waals surface area contributed by atoms with Crippen LogP contribution >= 0.6 is 11.8 Å². The average molecular weight is 250 g/mol. The van der Waals surface area contributed by atoms with E-state index in [1.165, 1.54) is 10.5 Å². The lowest BCUT2D eigenvalue weighted by atomic mass is 10.1. The van der Waals surface area contributed by atoms with Gasteiger partial charge in [0.25, 0.3) is 0 Å². The minimum atomic E-state index is -0.588. The van der Waals surface area contributed by atoms with Crippen molar-refractivity contribution in [3.05, 3.63) is 29.8 Å². The highest BCUT2D eigenvalue weighted by atomic mass is 32.2. The van der Waals surface area contributed by atoms with E-state index in [1.807, 2.05) is 0 Å². The zero-order chi connectivity index (χ0) is 11.8. The van der Waals surface area contributed by atoms with Gasteiger partial charge in [0.1, 0.15) is 0 Å². The zero-order valence-corrected chi connectivity index (χ0v) is 10.4. The van der Waals surface area contributed by atoms with Crippen LogP contribution < -0.4 is 0 Å². The van der Waals surface area contributed by atoms with Crippen LogP contribution in [0.15, 0.2) is 29.2 Å². The third-order valence-electron chi connectivity index (χ3n) is 3.10. The van der Waals surface area contributed by atoms with Gasteiger partial charge in [0, 0.05) is 16.6 Å². The molecule has 0 radical (unpaired) electrons. The summed E-state index contributed by atoms with van der Waals surface area (Å²) in [5.74, 6) is 0.0726. The topological polar surface area (TPSA) is 35.5 Å². The Kier molecular flexibility index (Phi) is 2.94. The van der Waals surface area contributed by atoms with E-state index < -0.39 is 6.29 Å². The van der Waals surface area contributed by atoms with Crippen LogP contribution in [0, 0.1) is 6.92 Å². The van der Waals surface area contributed by atoms with Crippen molar-refractivity contribution >= 4 is 17.5 Å². The molecule has 0 spiro atoms. The number of thioether (sulfide) groups is 1. The lowest BCUT2D eigenvalue weighted by molar-refractivity contribution is -0.151. The van der Waals surface area contributed by atoms with Gasteiger partial charge in [-0.1, -0.05) is 17.7 Å². The first kappa shape index (κ1) is 11.3. The van der Waals surface area contributed by atoms with Gasteiger partial charge in [-0.3, -0.25) is 4.79 Å². The predicted octanol–water partition coefficient (Wildman–Crippen LogP) is 2.17. The van der Waals surface area contributed by atoms with Gasteiger partial charge >= 0.3 is 0 Å². The quantitative estimate of drug-likeness (QED) is 0.806. The third-order valence-corrected chi connectivity index (χ3v) is 4.42. The van der Waals surface area contributed by atoms with E-state index in [2.05, 4.69) is 31.2 Å². The summed E-state index contributed by atoms with van der Waals surface area (Å²) in [5.41, 5.74) is 1.24. The molecule has 2 heterocycles. The van der Waals surface area contributed by atoms with Crippen LogP contribution in [0.25, 0.3) is 0 Å². The number of fused-ring (bicyclic) bond motifs is 2. The van der Waals surface area contributed by atoms with E-state index in [4.69, 9.17) is 9.47 Å². The van der Waals surface area contributed by atoms with Gasteiger partial charge < -0.3 is 9.47 Å². The first-order valence-electron chi connectivity index (χ1n) is 5.75. The average Bonchev–Trinajstić information content (AvgIpc) is 2.75. The Morgan fingerprint density at radius 2 is 2.06 bits per heavy atom. The van der Waals surface area contributed by atoms with E-state index in [9.17, 15) is 4.79 Å². The smallest absolute Gasteiger partial charge is 0.218 e. The van der Waals surface area contributed by atoms with Crippen LogP contribution in [0.5, 0.6) is 0 Å². The van der Waals surface area contributed by atoms with E-state index in [0.29, 0.717) is 13.0 Å². The van der Waals surface area contributed by atoms with E-state index in [-0.39, 0.29) is 17.1 Å². The summed E-state index contributed by atoms with van der Waals surface area (Å²) in [6, 6.07) is 8.35. The van der Waals surface area contributed by atoms with Crippen molar-refractivity contribution < 1.29 is 14.3 Å². The molecule has 3 atom stereocenters. The van der Waals surface area contributed by atoms with Crippen LogP contribution in [0.4, 0.5) is 0 Å². The second kappa shape index (κ2) is 4.44. The van der Waals surface area contributed by atoms with Gasteiger partial charge in [-0.15, -0.1) is 11.8 Å². The number of hydrogen-bond acceptors (Lipinski definition) is 4. The predicted molar refractivity (Wildman–Crippen MR) is 65.1 cm³/mol.